The number of ether oxygens (including phenoxy) is 1. The Kier molecular flexibility index (Phi) is 5.18. The van der Waals surface area contributed by atoms with Gasteiger partial charge in [-0.15, -0.1) is 0 Å². The maximum absolute atomic E-state index is 12.3. The highest BCUT2D eigenvalue weighted by atomic mass is 16.5. The summed E-state index contributed by atoms with van der Waals surface area (Å²) in [6, 6.07) is 9.93. The number of aromatic amines is 1. The fraction of sp³-hybridized carbons (Fsp3) is 0.300. The lowest BCUT2D eigenvalue weighted by atomic mass is 10.1. The fourth-order valence-corrected chi connectivity index (χ4v) is 3.37. The third-order valence-corrected chi connectivity index (χ3v) is 4.84. The summed E-state index contributed by atoms with van der Waals surface area (Å²) in [6.45, 7) is 1.61. The number of carbonyl (C=O) groups is 1. The number of nitrogens with zero attached hydrogens (tertiary/aromatic N) is 4. The minimum Gasteiger partial charge on any atom is -0.497 e. The quantitative estimate of drug-likeness (QED) is 0.707. The van der Waals surface area contributed by atoms with Gasteiger partial charge in [0.25, 0.3) is 5.91 Å². The van der Waals surface area contributed by atoms with E-state index in [2.05, 4.69) is 30.4 Å². The zero-order valence-electron chi connectivity index (χ0n) is 15.6. The number of amides is 1. The van der Waals surface area contributed by atoms with Crippen LogP contribution in [0.1, 0.15) is 23.3 Å². The van der Waals surface area contributed by atoms with E-state index in [0.29, 0.717) is 12.2 Å². The van der Waals surface area contributed by atoms with E-state index < -0.39 is 0 Å². The molecule has 8 heteroatoms. The Morgan fingerprint density at radius 3 is 2.89 bits per heavy atom. The summed E-state index contributed by atoms with van der Waals surface area (Å²) in [7, 11) is 1.65. The molecule has 1 saturated heterocycles. The van der Waals surface area contributed by atoms with Gasteiger partial charge in [0.1, 0.15) is 11.4 Å². The van der Waals surface area contributed by atoms with Gasteiger partial charge in [0.15, 0.2) is 5.82 Å². The van der Waals surface area contributed by atoms with Crippen molar-refractivity contribution >= 4 is 11.7 Å². The Bertz CT molecular complexity index is 925. The number of hydrogen-bond acceptors (Lipinski definition) is 6. The number of hydrogen-bond donors (Lipinski definition) is 2. The van der Waals surface area contributed by atoms with Gasteiger partial charge in [-0.05, 0) is 42.7 Å². The van der Waals surface area contributed by atoms with E-state index in [4.69, 9.17) is 4.74 Å². The van der Waals surface area contributed by atoms with Crippen molar-refractivity contribution in [1.29, 1.82) is 0 Å². The molecule has 3 aromatic rings. The molecule has 2 aromatic heterocycles. The number of anilines is 1. The van der Waals surface area contributed by atoms with Gasteiger partial charge >= 0.3 is 0 Å². The van der Waals surface area contributed by atoms with E-state index in [1.54, 1.807) is 13.3 Å². The highest BCUT2D eigenvalue weighted by molar-refractivity contribution is 5.92. The van der Waals surface area contributed by atoms with E-state index >= 15 is 0 Å². The monoisotopic (exact) mass is 378 g/mol. The van der Waals surface area contributed by atoms with Crippen molar-refractivity contribution in [2.75, 3.05) is 25.1 Å². The molecule has 144 valence electrons. The SMILES string of the molecule is COc1ccc(-c2cc(N3CCC[C@@H](NC(=O)c4cnccn4)C3)n[nH]2)cc1. The van der Waals surface area contributed by atoms with E-state index in [1.165, 1.54) is 12.4 Å². The lowest BCUT2D eigenvalue weighted by molar-refractivity contribution is 0.0927. The molecule has 1 atom stereocenters. The largest absolute Gasteiger partial charge is 0.497 e. The number of carbonyl (C=O) groups excluding carboxylic acids is 1. The van der Waals surface area contributed by atoms with E-state index in [-0.39, 0.29) is 11.9 Å². The van der Waals surface area contributed by atoms with Crippen molar-refractivity contribution in [2.24, 2.45) is 0 Å². The molecular formula is C20H22N6O2. The Labute approximate surface area is 163 Å². The number of piperidine rings is 1. The van der Waals surface area contributed by atoms with Gasteiger partial charge in [0.05, 0.1) is 19.0 Å². The first-order valence-electron chi connectivity index (χ1n) is 9.24. The number of benzene rings is 1. The van der Waals surface area contributed by atoms with Crippen LogP contribution >= 0.6 is 0 Å². The average molecular weight is 378 g/mol. The van der Waals surface area contributed by atoms with E-state index in [0.717, 1.165) is 42.2 Å². The van der Waals surface area contributed by atoms with Crippen molar-refractivity contribution in [2.45, 2.75) is 18.9 Å². The summed E-state index contributed by atoms with van der Waals surface area (Å²) in [6.07, 6.45) is 6.46. The zero-order chi connectivity index (χ0) is 19.3. The van der Waals surface area contributed by atoms with Crippen LogP contribution in [0.2, 0.25) is 0 Å². The number of methoxy groups -OCH3 is 1. The summed E-state index contributed by atoms with van der Waals surface area (Å²) in [4.78, 5) is 22.5. The van der Waals surface area contributed by atoms with Crippen LogP contribution in [0.15, 0.2) is 48.9 Å². The first kappa shape index (κ1) is 18.0. The van der Waals surface area contributed by atoms with Crippen molar-refractivity contribution in [1.82, 2.24) is 25.5 Å². The van der Waals surface area contributed by atoms with Crippen LogP contribution in [-0.4, -0.2) is 52.3 Å². The molecule has 0 radical (unpaired) electrons. The fourth-order valence-electron chi connectivity index (χ4n) is 3.37. The normalized spacial score (nSPS) is 16.6. The van der Waals surface area contributed by atoms with Gasteiger partial charge < -0.3 is 15.0 Å². The van der Waals surface area contributed by atoms with E-state index in [9.17, 15) is 4.79 Å². The first-order valence-corrected chi connectivity index (χ1v) is 9.24. The van der Waals surface area contributed by atoms with Gasteiger partial charge in [-0.25, -0.2) is 4.98 Å². The molecule has 0 unspecified atom stereocenters. The molecular weight excluding hydrogens is 356 g/mol. The third kappa shape index (κ3) is 3.95. The Morgan fingerprint density at radius 2 is 2.14 bits per heavy atom. The van der Waals surface area contributed by atoms with Crippen molar-refractivity contribution in [3.8, 4) is 17.0 Å². The second kappa shape index (κ2) is 8.08. The van der Waals surface area contributed by atoms with Gasteiger partial charge in [0.2, 0.25) is 0 Å². The molecule has 1 aliphatic rings. The number of aromatic nitrogens is 4. The zero-order valence-corrected chi connectivity index (χ0v) is 15.6. The smallest absolute Gasteiger partial charge is 0.271 e. The number of rotatable bonds is 5. The minimum atomic E-state index is -0.194. The second-order valence-corrected chi connectivity index (χ2v) is 6.72. The van der Waals surface area contributed by atoms with Gasteiger partial charge in [0, 0.05) is 37.6 Å². The predicted molar refractivity (Wildman–Crippen MR) is 105 cm³/mol. The number of nitrogens with one attached hydrogen (secondary N) is 2. The molecule has 1 amide bonds. The standard InChI is InChI=1S/C20H22N6O2/c1-28-16-6-4-14(5-7-16)17-11-19(25-24-17)26-10-2-3-15(13-26)23-20(27)18-12-21-8-9-22-18/h4-9,11-12,15H,2-3,10,13H2,1H3,(H,23,27)(H,24,25)/t15-/m1/s1. The molecule has 0 spiro atoms. The highest BCUT2D eigenvalue weighted by Crippen LogP contribution is 2.25. The average Bonchev–Trinajstić information content (AvgIpc) is 3.25. The second-order valence-electron chi connectivity index (χ2n) is 6.72. The molecule has 1 fully saturated rings. The van der Waals surface area contributed by atoms with Gasteiger partial charge in [-0.1, -0.05) is 0 Å². The third-order valence-electron chi connectivity index (χ3n) is 4.84. The summed E-state index contributed by atoms with van der Waals surface area (Å²) in [5, 5.41) is 10.6. The maximum Gasteiger partial charge on any atom is 0.271 e. The molecule has 4 rings (SSSR count). The summed E-state index contributed by atoms with van der Waals surface area (Å²) < 4.78 is 5.20. The number of H-pyrrole nitrogens is 1. The lowest BCUT2D eigenvalue weighted by Gasteiger charge is -2.33. The topological polar surface area (TPSA) is 96.0 Å². The van der Waals surface area contributed by atoms with Crippen LogP contribution < -0.4 is 15.0 Å². The summed E-state index contributed by atoms with van der Waals surface area (Å²) >= 11 is 0. The van der Waals surface area contributed by atoms with Crippen LogP contribution in [-0.2, 0) is 0 Å². The van der Waals surface area contributed by atoms with Crippen LogP contribution in [0.3, 0.4) is 0 Å². The van der Waals surface area contributed by atoms with Crippen molar-refractivity contribution < 1.29 is 9.53 Å². The Hall–Kier alpha value is -3.42. The summed E-state index contributed by atoms with van der Waals surface area (Å²) in [5.74, 6) is 1.51. The first-order chi connectivity index (χ1) is 13.7. The van der Waals surface area contributed by atoms with Crippen LogP contribution in [0, 0.1) is 0 Å². The van der Waals surface area contributed by atoms with Crippen LogP contribution in [0.4, 0.5) is 5.82 Å². The summed E-state index contributed by atoms with van der Waals surface area (Å²) in [5.41, 5.74) is 2.33. The lowest BCUT2D eigenvalue weighted by Crippen LogP contribution is -2.48. The molecule has 1 aromatic carbocycles. The Morgan fingerprint density at radius 1 is 1.29 bits per heavy atom. The van der Waals surface area contributed by atoms with E-state index in [1.807, 2.05) is 30.3 Å². The van der Waals surface area contributed by atoms with Gasteiger partial charge in [-0.3, -0.25) is 14.9 Å². The van der Waals surface area contributed by atoms with Crippen LogP contribution in [0.5, 0.6) is 5.75 Å². The van der Waals surface area contributed by atoms with Gasteiger partial charge in [-0.2, -0.15) is 5.10 Å². The molecule has 0 saturated carbocycles. The predicted octanol–water partition coefficient (Wildman–Crippen LogP) is 2.27. The molecule has 2 N–H and O–H groups in total. The van der Waals surface area contributed by atoms with Crippen molar-refractivity contribution in [3.63, 3.8) is 0 Å². The molecule has 8 nitrogen and oxygen atoms in total. The molecule has 0 aliphatic carbocycles. The molecule has 3 heterocycles. The maximum atomic E-state index is 12.3. The molecule has 28 heavy (non-hydrogen) atoms. The Balaban J connectivity index is 1.42. The highest BCUT2D eigenvalue weighted by Gasteiger charge is 2.24. The molecule has 0 bridgehead atoms. The molecule has 1 aliphatic heterocycles. The minimum absolute atomic E-state index is 0.0457. The van der Waals surface area contributed by atoms with Crippen LogP contribution in [0.25, 0.3) is 11.3 Å². The van der Waals surface area contributed by atoms with Crippen molar-refractivity contribution in [3.05, 3.63) is 54.6 Å².